The first-order chi connectivity index (χ1) is 13.0. The van der Waals surface area contributed by atoms with Crippen LogP contribution in [0.5, 0.6) is 5.75 Å². The Morgan fingerprint density at radius 1 is 1.37 bits per heavy atom. The number of carbonyl (C=O) groups excluding carboxylic acids is 1. The summed E-state index contributed by atoms with van der Waals surface area (Å²) in [5, 5.41) is 0.634. The monoisotopic (exact) mass is 454 g/mol. The van der Waals surface area contributed by atoms with Crippen LogP contribution in [0, 0.1) is 6.92 Å². The van der Waals surface area contributed by atoms with Crippen molar-refractivity contribution in [1.29, 1.82) is 0 Å². The van der Waals surface area contributed by atoms with Gasteiger partial charge in [-0.25, -0.2) is 9.78 Å². The average Bonchev–Trinajstić information content (AvgIpc) is 2.91. The lowest BCUT2D eigenvalue weighted by Crippen LogP contribution is -2.06. The number of hydrogen-bond acceptors (Lipinski definition) is 4. The van der Waals surface area contributed by atoms with Gasteiger partial charge < -0.3 is 14.0 Å². The molecule has 2 aromatic rings. The highest BCUT2D eigenvalue weighted by Crippen LogP contribution is 2.26. The fourth-order valence-corrected chi connectivity index (χ4v) is 3.41. The first-order valence-corrected chi connectivity index (χ1v) is 10.0. The maximum atomic E-state index is 11.4. The third-order valence-electron chi connectivity index (χ3n) is 4.10. The highest BCUT2D eigenvalue weighted by atomic mass is 79.9. The molecule has 146 valence electrons. The summed E-state index contributed by atoms with van der Waals surface area (Å²) in [6.07, 6.45) is 6.40. The molecular weight excluding hydrogens is 432 g/mol. The number of imidazole rings is 1. The van der Waals surface area contributed by atoms with Gasteiger partial charge in [0.05, 0.1) is 26.0 Å². The van der Waals surface area contributed by atoms with E-state index >= 15 is 0 Å². The summed E-state index contributed by atoms with van der Waals surface area (Å²) in [5.74, 6) is 1.16. The quantitative estimate of drug-likeness (QED) is 0.288. The van der Waals surface area contributed by atoms with E-state index in [2.05, 4.69) is 32.6 Å². The van der Waals surface area contributed by atoms with Gasteiger partial charge >= 0.3 is 5.97 Å². The minimum absolute atomic E-state index is 0.421. The minimum atomic E-state index is -0.421. The Morgan fingerprint density at radius 2 is 2.15 bits per heavy atom. The van der Waals surface area contributed by atoms with Gasteiger partial charge in [-0.3, -0.25) is 0 Å². The fourth-order valence-electron chi connectivity index (χ4n) is 2.58. The topological polar surface area (TPSA) is 53.4 Å². The van der Waals surface area contributed by atoms with E-state index in [-0.39, 0.29) is 0 Å². The lowest BCUT2D eigenvalue weighted by Gasteiger charge is -2.12. The third kappa shape index (κ3) is 6.11. The molecule has 1 aromatic carbocycles. The van der Waals surface area contributed by atoms with Crippen LogP contribution in [-0.4, -0.2) is 29.2 Å². The van der Waals surface area contributed by atoms with E-state index < -0.39 is 5.97 Å². The van der Waals surface area contributed by atoms with Crippen LogP contribution in [0.3, 0.4) is 0 Å². The maximum absolute atomic E-state index is 11.4. The molecule has 0 atom stereocenters. The molecule has 5 nitrogen and oxygen atoms in total. The summed E-state index contributed by atoms with van der Waals surface area (Å²) < 4.78 is 13.0. The van der Waals surface area contributed by atoms with E-state index in [1.54, 1.807) is 6.08 Å². The zero-order valence-electron chi connectivity index (χ0n) is 15.8. The number of hydrogen-bond donors (Lipinski definition) is 0. The molecule has 0 aliphatic heterocycles. The Morgan fingerprint density at radius 3 is 2.81 bits per heavy atom. The van der Waals surface area contributed by atoms with Gasteiger partial charge in [0.2, 0.25) is 0 Å². The standard InChI is InChI=1S/C20H24BrClN2O3/c1-4-5-6-11-27-16-8-7-15(17(22)12-16)13-24-14(2)23-20(21)18(24)9-10-19(25)26-3/h7-10,12H,4-6,11,13H2,1-3H3/b10-9+. The zero-order valence-corrected chi connectivity index (χ0v) is 18.1. The van der Waals surface area contributed by atoms with Gasteiger partial charge in [0.15, 0.2) is 0 Å². The van der Waals surface area contributed by atoms with Crippen molar-refractivity contribution in [2.24, 2.45) is 0 Å². The summed E-state index contributed by atoms with van der Waals surface area (Å²) in [5.41, 5.74) is 1.71. The molecule has 0 spiro atoms. The van der Waals surface area contributed by atoms with Crippen molar-refractivity contribution >= 4 is 39.6 Å². The Hall–Kier alpha value is -1.79. The molecule has 0 unspecified atom stereocenters. The van der Waals surface area contributed by atoms with Gasteiger partial charge in [-0.2, -0.15) is 0 Å². The molecule has 1 heterocycles. The molecular formula is C20H24BrClN2O3. The predicted molar refractivity (Wildman–Crippen MR) is 111 cm³/mol. The molecule has 0 amide bonds. The van der Waals surface area contributed by atoms with E-state index in [0.717, 1.165) is 42.1 Å². The smallest absolute Gasteiger partial charge is 0.330 e. The predicted octanol–water partition coefficient (Wildman–Crippen LogP) is 5.41. The Bertz CT molecular complexity index is 818. The van der Waals surface area contributed by atoms with Crippen LogP contribution in [0.2, 0.25) is 5.02 Å². The van der Waals surface area contributed by atoms with Crippen LogP contribution >= 0.6 is 27.5 Å². The lowest BCUT2D eigenvalue weighted by molar-refractivity contribution is -0.134. The first-order valence-electron chi connectivity index (χ1n) is 8.86. The molecule has 1 aromatic heterocycles. The molecule has 27 heavy (non-hydrogen) atoms. The summed E-state index contributed by atoms with van der Waals surface area (Å²) in [4.78, 5) is 15.8. The molecule has 0 saturated carbocycles. The number of ether oxygens (including phenoxy) is 2. The summed E-state index contributed by atoms with van der Waals surface area (Å²) >= 11 is 9.90. The van der Waals surface area contributed by atoms with Crippen LogP contribution in [0.25, 0.3) is 6.08 Å². The van der Waals surface area contributed by atoms with Gasteiger partial charge in [-0.1, -0.05) is 37.4 Å². The summed E-state index contributed by atoms with van der Waals surface area (Å²) in [6.45, 7) is 5.29. The van der Waals surface area contributed by atoms with Crippen LogP contribution in [0.1, 0.15) is 43.3 Å². The van der Waals surface area contributed by atoms with Crippen LogP contribution in [0.15, 0.2) is 28.9 Å². The van der Waals surface area contributed by atoms with Gasteiger partial charge in [0.1, 0.15) is 16.2 Å². The molecule has 0 aliphatic carbocycles. The lowest BCUT2D eigenvalue weighted by atomic mass is 10.2. The SMILES string of the molecule is CCCCCOc1ccc(Cn2c(C)nc(Br)c2/C=C/C(=O)OC)c(Cl)c1. The second-order valence-corrected chi connectivity index (χ2v) is 7.24. The molecule has 0 N–H and O–H groups in total. The van der Waals surface area contributed by atoms with Gasteiger partial charge in [-0.15, -0.1) is 0 Å². The van der Waals surface area contributed by atoms with Crippen molar-refractivity contribution in [1.82, 2.24) is 9.55 Å². The summed E-state index contributed by atoms with van der Waals surface area (Å²) in [6, 6.07) is 5.73. The highest BCUT2D eigenvalue weighted by molar-refractivity contribution is 9.10. The highest BCUT2D eigenvalue weighted by Gasteiger charge is 2.13. The molecule has 2 rings (SSSR count). The van der Waals surface area contributed by atoms with Crippen molar-refractivity contribution in [3.63, 3.8) is 0 Å². The molecule has 0 bridgehead atoms. The molecule has 0 saturated heterocycles. The molecule has 0 fully saturated rings. The number of methoxy groups -OCH3 is 1. The maximum Gasteiger partial charge on any atom is 0.330 e. The third-order valence-corrected chi connectivity index (χ3v) is 5.04. The molecule has 7 heteroatoms. The minimum Gasteiger partial charge on any atom is -0.494 e. The number of nitrogens with zero attached hydrogens (tertiary/aromatic N) is 2. The van der Waals surface area contributed by atoms with Crippen molar-refractivity contribution in [3.05, 3.63) is 51.0 Å². The van der Waals surface area contributed by atoms with E-state index in [1.165, 1.54) is 13.2 Å². The number of halogens is 2. The Labute approximate surface area is 173 Å². The number of esters is 1. The number of aryl methyl sites for hydroxylation is 1. The Kier molecular flexibility index (Phi) is 8.38. The van der Waals surface area contributed by atoms with E-state index in [1.807, 2.05) is 29.7 Å². The van der Waals surface area contributed by atoms with Gasteiger partial charge in [0, 0.05) is 11.1 Å². The van der Waals surface area contributed by atoms with Crippen LogP contribution in [0.4, 0.5) is 0 Å². The number of benzene rings is 1. The average molecular weight is 456 g/mol. The number of carbonyl (C=O) groups is 1. The van der Waals surface area contributed by atoms with Gasteiger partial charge in [-0.05, 0) is 53.0 Å². The normalized spacial score (nSPS) is 11.1. The largest absolute Gasteiger partial charge is 0.494 e. The Balaban J connectivity index is 2.17. The van der Waals surface area contributed by atoms with Crippen LogP contribution < -0.4 is 4.74 Å². The molecule has 0 aliphatic rings. The fraction of sp³-hybridized carbons (Fsp3) is 0.400. The zero-order chi connectivity index (χ0) is 19.8. The van der Waals surface area contributed by atoms with E-state index in [9.17, 15) is 4.79 Å². The summed E-state index contributed by atoms with van der Waals surface area (Å²) in [7, 11) is 1.34. The van der Waals surface area contributed by atoms with Crippen LogP contribution in [-0.2, 0) is 16.1 Å². The van der Waals surface area contributed by atoms with Crippen molar-refractivity contribution in [2.75, 3.05) is 13.7 Å². The van der Waals surface area contributed by atoms with Gasteiger partial charge in [0.25, 0.3) is 0 Å². The van der Waals surface area contributed by atoms with E-state index in [0.29, 0.717) is 22.8 Å². The van der Waals surface area contributed by atoms with Crippen molar-refractivity contribution < 1.29 is 14.3 Å². The van der Waals surface area contributed by atoms with Crippen molar-refractivity contribution in [3.8, 4) is 5.75 Å². The van der Waals surface area contributed by atoms with E-state index in [4.69, 9.17) is 16.3 Å². The van der Waals surface area contributed by atoms with Crippen molar-refractivity contribution in [2.45, 2.75) is 39.7 Å². The second-order valence-electron chi connectivity index (χ2n) is 6.09. The number of rotatable bonds is 9. The first kappa shape index (κ1) is 21.5. The number of unbranched alkanes of at least 4 members (excludes halogenated alkanes) is 2. The number of aromatic nitrogens is 2. The molecule has 0 radical (unpaired) electrons. The second kappa shape index (κ2) is 10.5.